The number of aromatic nitrogens is 2. The number of piperidine rings is 1. The maximum Gasteiger partial charge on any atom is 0.125 e. The van der Waals surface area contributed by atoms with E-state index in [1.807, 2.05) is 23.7 Å². The molecule has 1 aliphatic rings. The molecular formula is C13H17N3S. The van der Waals surface area contributed by atoms with Crippen LogP contribution in [0, 0.1) is 6.92 Å². The number of H-pyrrole nitrogens is 1. The molecule has 0 bridgehead atoms. The maximum atomic E-state index is 4.69. The van der Waals surface area contributed by atoms with Crippen molar-refractivity contribution in [2.75, 3.05) is 6.54 Å². The summed E-state index contributed by atoms with van der Waals surface area (Å²) in [6.07, 6.45) is 7.84. The van der Waals surface area contributed by atoms with Crippen LogP contribution in [0.5, 0.6) is 0 Å². The van der Waals surface area contributed by atoms with Gasteiger partial charge in [-0.3, -0.25) is 0 Å². The SMILES string of the molecule is Cc1nc(-c2cc[nH]c2)sc1C1CCCCN1. The minimum Gasteiger partial charge on any atom is -0.367 e. The zero-order chi connectivity index (χ0) is 11.7. The van der Waals surface area contributed by atoms with Gasteiger partial charge < -0.3 is 10.3 Å². The standard InChI is InChI=1S/C13H17N3S/c1-9-12(11-4-2-3-6-15-11)17-13(16-9)10-5-7-14-8-10/h5,7-8,11,14-15H,2-4,6H2,1H3. The topological polar surface area (TPSA) is 40.7 Å². The van der Waals surface area contributed by atoms with E-state index in [0.29, 0.717) is 6.04 Å². The third-order valence-electron chi connectivity index (χ3n) is 3.30. The molecule has 3 rings (SSSR count). The number of nitrogens with zero attached hydrogens (tertiary/aromatic N) is 1. The highest BCUT2D eigenvalue weighted by atomic mass is 32.1. The Labute approximate surface area is 105 Å². The molecule has 0 amide bonds. The third kappa shape index (κ3) is 2.15. The van der Waals surface area contributed by atoms with Crippen molar-refractivity contribution in [3.05, 3.63) is 29.0 Å². The van der Waals surface area contributed by atoms with Gasteiger partial charge in [-0.05, 0) is 32.4 Å². The van der Waals surface area contributed by atoms with Gasteiger partial charge in [0.05, 0.1) is 5.69 Å². The van der Waals surface area contributed by atoms with Gasteiger partial charge in [-0.25, -0.2) is 4.98 Å². The van der Waals surface area contributed by atoms with E-state index in [1.54, 1.807) is 0 Å². The molecule has 0 saturated carbocycles. The van der Waals surface area contributed by atoms with E-state index in [4.69, 9.17) is 0 Å². The van der Waals surface area contributed by atoms with Gasteiger partial charge in [0.1, 0.15) is 5.01 Å². The average molecular weight is 247 g/mol. The Balaban J connectivity index is 1.90. The smallest absolute Gasteiger partial charge is 0.125 e. The predicted octanol–water partition coefficient (Wildman–Crippen LogP) is 3.26. The van der Waals surface area contributed by atoms with Gasteiger partial charge in [-0.1, -0.05) is 6.42 Å². The van der Waals surface area contributed by atoms with Crippen LogP contribution in [0.2, 0.25) is 0 Å². The van der Waals surface area contributed by atoms with Crippen LogP contribution in [0.4, 0.5) is 0 Å². The van der Waals surface area contributed by atoms with Gasteiger partial charge in [0.2, 0.25) is 0 Å². The molecule has 1 atom stereocenters. The molecule has 0 radical (unpaired) electrons. The van der Waals surface area contributed by atoms with Crippen molar-refractivity contribution in [1.29, 1.82) is 0 Å². The van der Waals surface area contributed by atoms with Gasteiger partial charge in [0, 0.05) is 28.9 Å². The molecule has 1 aliphatic heterocycles. The summed E-state index contributed by atoms with van der Waals surface area (Å²) in [5, 5.41) is 4.73. The second-order valence-corrected chi connectivity index (χ2v) is 5.60. The van der Waals surface area contributed by atoms with Crippen molar-refractivity contribution >= 4 is 11.3 Å². The summed E-state index contributed by atoms with van der Waals surface area (Å²) in [4.78, 5) is 9.19. The fourth-order valence-electron chi connectivity index (χ4n) is 2.39. The van der Waals surface area contributed by atoms with E-state index in [9.17, 15) is 0 Å². The second-order valence-electron chi connectivity index (χ2n) is 4.57. The maximum absolute atomic E-state index is 4.69. The Morgan fingerprint density at radius 1 is 1.41 bits per heavy atom. The number of aryl methyl sites for hydroxylation is 1. The highest BCUT2D eigenvalue weighted by Gasteiger charge is 2.20. The van der Waals surface area contributed by atoms with E-state index in [2.05, 4.69) is 28.3 Å². The highest BCUT2D eigenvalue weighted by molar-refractivity contribution is 7.15. The van der Waals surface area contributed by atoms with Crippen LogP contribution in [0.15, 0.2) is 18.5 Å². The average Bonchev–Trinajstić information content (AvgIpc) is 2.99. The van der Waals surface area contributed by atoms with Crippen LogP contribution in [0.25, 0.3) is 10.6 Å². The highest BCUT2D eigenvalue weighted by Crippen LogP contribution is 2.34. The Hall–Kier alpha value is -1.13. The lowest BCUT2D eigenvalue weighted by Gasteiger charge is -2.22. The monoisotopic (exact) mass is 247 g/mol. The predicted molar refractivity (Wildman–Crippen MR) is 71.2 cm³/mol. The summed E-state index contributed by atoms with van der Waals surface area (Å²) in [5.74, 6) is 0. The van der Waals surface area contributed by atoms with E-state index < -0.39 is 0 Å². The molecule has 1 fully saturated rings. The Morgan fingerprint density at radius 3 is 3.06 bits per heavy atom. The van der Waals surface area contributed by atoms with Gasteiger partial charge in [-0.2, -0.15) is 0 Å². The zero-order valence-electron chi connectivity index (χ0n) is 9.99. The van der Waals surface area contributed by atoms with Crippen molar-refractivity contribution < 1.29 is 0 Å². The molecule has 2 aromatic rings. The number of hydrogen-bond acceptors (Lipinski definition) is 3. The second kappa shape index (κ2) is 4.63. The van der Waals surface area contributed by atoms with Gasteiger partial charge in [0.25, 0.3) is 0 Å². The summed E-state index contributed by atoms with van der Waals surface area (Å²) in [6.45, 7) is 3.26. The number of hydrogen-bond donors (Lipinski definition) is 2. The molecule has 17 heavy (non-hydrogen) atoms. The van der Waals surface area contributed by atoms with E-state index in [1.165, 1.54) is 35.4 Å². The minimum atomic E-state index is 0.522. The van der Waals surface area contributed by atoms with Crippen molar-refractivity contribution in [2.45, 2.75) is 32.2 Å². The molecular weight excluding hydrogens is 230 g/mol. The fraction of sp³-hybridized carbons (Fsp3) is 0.462. The molecule has 2 N–H and O–H groups in total. The van der Waals surface area contributed by atoms with Gasteiger partial charge >= 0.3 is 0 Å². The largest absolute Gasteiger partial charge is 0.367 e. The molecule has 1 unspecified atom stereocenters. The van der Waals surface area contributed by atoms with Crippen LogP contribution in [0.3, 0.4) is 0 Å². The summed E-state index contributed by atoms with van der Waals surface area (Å²) < 4.78 is 0. The Morgan fingerprint density at radius 2 is 2.35 bits per heavy atom. The lowest BCUT2D eigenvalue weighted by molar-refractivity contribution is 0.415. The molecule has 0 aromatic carbocycles. The Bertz CT molecular complexity index is 481. The van der Waals surface area contributed by atoms with E-state index in [-0.39, 0.29) is 0 Å². The molecule has 0 spiro atoms. The van der Waals surface area contributed by atoms with E-state index >= 15 is 0 Å². The molecule has 0 aliphatic carbocycles. The van der Waals surface area contributed by atoms with Crippen LogP contribution in [-0.4, -0.2) is 16.5 Å². The number of aromatic amines is 1. The summed E-state index contributed by atoms with van der Waals surface area (Å²) in [7, 11) is 0. The van der Waals surface area contributed by atoms with Crippen molar-refractivity contribution in [3.8, 4) is 10.6 Å². The number of rotatable bonds is 2. The third-order valence-corrected chi connectivity index (χ3v) is 4.62. The number of nitrogens with one attached hydrogen (secondary N) is 2. The van der Waals surface area contributed by atoms with E-state index in [0.717, 1.165) is 11.6 Å². The lowest BCUT2D eigenvalue weighted by atomic mass is 10.0. The minimum absolute atomic E-state index is 0.522. The first-order valence-electron chi connectivity index (χ1n) is 6.18. The van der Waals surface area contributed by atoms with Crippen molar-refractivity contribution in [3.63, 3.8) is 0 Å². The van der Waals surface area contributed by atoms with Crippen LogP contribution < -0.4 is 5.32 Å². The molecule has 90 valence electrons. The summed E-state index contributed by atoms with van der Waals surface area (Å²) in [6, 6.07) is 2.60. The molecule has 3 heterocycles. The first-order valence-corrected chi connectivity index (χ1v) is 7.00. The molecule has 4 heteroatoms. The zero-order valence-corrected chi connectivity index (χ0v) is 10.8. The Kier molecular flexibility index (Phi) is 2.99. The molecule has 3 nitrogen and oxygen atoms in total. The lowest BCUT2D eigenvalue weighted by Crippen LogP contribution is -2.26. The molecule has 1 saturated heterocycles. The first-order chi connectivity index (χ1) is 8.34. The summed E-state index contributed by atoms with van der Waals surface area (Å²) in [5.41, 5.74) is 2.38. The fourth-order valence-corrected chi connectivity index (χ4v) is 3.56. The normalized spacial score (nSPS) is 20.6. The van der Waals surface area contributed by atoms with Crippen LogP contribution >= 0.6 is 11.3 Å². The molecule has 2 aromatic heterocycles. The van der Waals surface area contributed by atoms with Crippen LogP contribution in [0.1, 0.15) is 35.9 Å². The van der Waals surface area contributed by atoms with Gasteiger partial charge in [-0.15, -0.1) is 11.3 Å². The van der Waals surface area contributed by atoms with Crippen molar-refractivity contribution in [2.24, 2.45) is 0 Å². The first kappa shape index (κ1) is 11.0. The van der Waals surface area contributed by atoms with Crippen LogP contribution in [-0.2, 0) is 0 Å². The number of thiazole rings is 1. The van der Waals surface area contributed by atoms with Gasteiger partial charge in [0.15, 0.2) is 0 Å². The van der Waals surface area contributed by atoms with Crippen molar-refractivity contribution in [1.82, 2.24) is 15.3 Å². The summed E-state index contributed by atoms with van der Waals surface area (Å²) >= 11 is 1.83. The quantitative estimate of drug-likeness (QED) is 0.855.